The molecule has 0 saturated heterocycles. The summed E-state index contributed by atoms with van der Waals surface area (Å²) < 4.78 is 49.9. The molecule has 1 nitrogen and oxygen atoms in total. The van der Waals surface area contributed by atoms with Crippen LogP contribution in [0.3, 0.4) is 0 Å². The van der Waals surface area contributed by atoms with Crippen molar-refractivity contribution in [3.05, 3.63) is 33.1 Å². The van der Waals surface area contributed by atoms with Crippen LogP contribution < -0.4 is 5.73 Å². The molecule has 15 heavy (non-hydrogen) atoms. The van der Waals surface area contributed by atoms with E-state index in [1.807, 2.05) is 22.6 Å². The Kier molecular flexibility index (Phi) is 3.93. The van der Waals surface area contributed by atoms with Crippen molar-refractivity contribution < 1.29 is 17.6 Å². The van der Waals surface area contributed by atoms with E-state index < -0.39 is 24.5 Å². The van der Waals surface area contributed by atoms with Crippen LogP contribution in [0.2, 0.25) is 0 Å². The highest BCUT2D eigenvalue weighted by Crippen LogP contribution is 2.29. The van der Waals surface area contributed by atoms with Gasteiger partial charge in [-0.1, -0.05) is 0 Å². The average molecular weight is 333 g/mol. The quantitative estimate of drug-likeness (QED) is 0.652. The molecule has 0 aromatic heterocycles. The first-order chi connectivity index (χ1) is 6.79. The number of hydrogen-bond donors (Lipinski definition) is 1. The van der Waals surface area contributed by atoms with Crippen molar-refractivity contribution in [3.8, 4) is 0 Å². The predicted molar refractivity (Wildman–Crippen MR) is 56.7 cm³/mol. The van der Waals surface area contributed by atoms with E-state index in [9.17, 15) is 17.6 Å². The predicted octanol–water partition coefficient (Wildman–Crippen LogP) is 3.38. The average Bonchev–Trinajstić information content (AvgIpc) is 2.06. The summed E-state index contributed by atoms with van der Waals surface area (Å²) in [7, 11) is 0. The largest absolute Gasteiger partial charge is 0.390 e. The summed E-state index contributed by atoms with van der Waals surface area (Å²) in [5.74, 6) is -0.702. The van der Waals surface area contributed by atoms with Gasteiger partial charge in [0.25, 0.3) is 0 Å². The molecule has 1 rings (SSSR count). The van der Waals surface area contributed by atoms with Crippen molar-refractivity contribution in [2.75, 3.05) is 0 Å². The lowest BCUT2D eigenvalue weighted by Gasteiger charge is -2.15. The molecule has 6 heteroatoms. The maximum Gasteiger partial charge on any atom is 0.390 e. The van der Waals surface area contributed by atoms with Crippen LogP contribution in [0, 0.1) is 9.39 Å². The fourth-order valence-electron chi connectivity index (χ4n) is 1.16. The van der Waals surface area contributed by atoms with Crippen molar-refractivity contribution in [1.29, 1.82) is 0 Å². The molecular weight excluding hydrogens is 325 g/mol. The van der Waals surface area contributed by atoms with Crippen molar-refractivity contribution in [1.82, 2.24) is 0 Å². The van der Waals surface area contributed by atoms with Crippen LogP contribution in [0.25, 0.3) is 0 Å². The molecule has 0 saturated carbocycles. The summed E-state index contributed by atoms with van der Waals surface area (Å²) in [6.45, 7) is 0. The Labute approximate surface area is 97.8 Å². The highest BCUT2D eigenvalue weighted by Gasteiger charge is 2.31. The van der Waals surface area contributed by atoms with Gasteiger partial charge in [-0.2, -0.15) is 13.2 Å². The van der Waals surface area contributed by atoms with Gasteiger partial charge in [0, 0.05) is 15.2 Å². The summed E-state index contributed by atoms with van der Waals surface area (Å²) in [6, 6.07) is 2.57. The van der Waals surface area contributed by atoms with E-state index in [2.05, 4.69) is 0 Å². The normalized spacial score (nSPS) is 14.0. The first-order valence-electron chi connectivity index (χ1n) is 4.07. The number of halogens is 5. The molecule has 84 valence electrons. The van der Waals surface area contributed by atoms with Gasteiger partial charge in [0.1, 0.15) is 5.82 Å². The van der Waals surface area contributed by atoms with Gasteiger partial charge in [-0.3, -0.25) is 0 Å². The van der Waals surface area contributed by atoms with Gasteiger partial charge >= 0.3 is 6.18 Å². The zero-order valence-electron chi connectivity index (χ0n) is 7.48. The Hall–Kier alpha value is -0.370. The topological polar surface area (TPSA) is 26.0 Å². The molecule has 0 aliphatic heterocycles. The molecule has 0 fully saturated rings. The van der Waals surface area contributed by atoms with E-state index in [-0.39, 0.29) is 5.56 Å². The number of hydrogen-bond acceptors (Lipinski definition) is 1. The molecule has 2 N–H and O–H groups in total. The number of nitrogens with two attached hydrogens (primary N) is 1. The molecule has 0 spiro atoms. The molecule has 1 aromatic rings. The first kappa shape index (κ1) is 12.7. The highest BCUT2D eigenvalue weighted by molar-refractivity contribution is 14.1. The lowest BCUT2D eigenvalue weighted by atomic mass is 10.0. The summed E-state index contributed by atoms with van der Waals surface area (Å²) in [4.78, 5) is 0. The second-order valence-electron chi connectivity index (χ2n) is 3.09. The molecule has 1 atom stereocenters. The lowest BCUT2D eigenvalue weighted by molar-refractivity contribution is -0.138. The zero-order chi connectivity index (χ0) is 11.6. The van der Waals surface area contributed by atoms with E-state index in [1.165, 1.54) is 12.1 Å². The lowest BCUT2D eigenvalue weighted by Crippen LogP contribution is -2.21. The van der Waals surface area contributed by atoms with Crippen molar-refractivity contribution in [3.63, 3.8) is 0 Å². The van der Waals surface area contributed by atoms with Crippen LogP contribution in [-0.2, 0) is 0 Å². The van der Waals surface area contributed by atoms with E-state index in [1.54, 1.807) is 0 Å². The molecule has 0 aliphatic carbocycles. The first-order valence-corrected chi connectivity index (χ1v) is 5.15. The summed E-state index contributed by atoms with van der Waals surface area (Å²) in [5, 5.41) is 0. The molecule has 0 unspecified atom stereocenters. The van der Waals surface area contributed by atoms with Crippen LogP contribution in [0.5, 0.6) is 0 Å². The minimum absolute atomic E-state index is 0.0979. The van der Waals surface area contributed by atoms with Crippen LogP contribution in [-0.4, -0.2) is 6.18 Å². The van der Waals surface area contributed by atoms with Crippen molar-refractivity contribution in [2.24, 2.45) is 5.73 Å². The third kappa shape index (κ3) is 3.94. The summed E-state index contributed by atoms with van der Waals surface area (Å²) in [5.41, 5.74) is 5.19. The van der Waals surface area contributed by atoms with E-state index >= 15 is 0 Å². The third-order valence-electron chi connectivity index (χ3n) is 1.81. The molecule has 0 amide bonds. The van der Waals surface area contributed by atoms with Gasteiger partial charge in [0.05, 0.1) is 6.42 Å². The van der Waals surface area contributed by atoms with Crippen LogP contribution in [0.4, 0.5) is 17.6 Å². The Morgan fingerprint density at radius 3 is 2.47 bits per heavy atom. The van der Waals surface area contributed by atoms with Crippen LogP contribution in [0.1, 0.15) is 18.0 Å². The maximum atomic E-state index is 13.1. The van der Waals surface area contributed by atoms with Crippen molar-refractivity contribution >= 4 is 22.6 Å². The van der Waals surface area contributed by atoms with Gasteiger partial charge in [0.15, 0.2) is 0 Å². The SMILES string of the molecule is N[C@@H](CC(F)(F)F)c1cc(I)ccc1F. The fraction of sp³-hybridized carbons (Fsp3) is 0.333. The maximum absolute atomic E-state index is 13.1. The minimum Gasteiger partial charge on any atom is -0.324 e. The van der Waals surface area contributed by atoms with E-state index in [0.29, 0.717) is 3.57 Å². The smallest absolute Gasteiger partial charge is 0.324 e. The number of benzene rings is 1. The third-order valence-corrected chi connectivity index (χ3v) is 2.48. The van der Waals surface area contributed by atoms with Gasteiger partial charge in [-0.05, 0) is 40.8 Å². The molecular formula is C9H8F4IN. The van der Waals surface area contributed by atoms with Crippen LogP contribution >= 0.6 is 22.6 Å². The van der Waals surface area contributed by atoms with Crippen LogP contribution in [0.15, 0.2) is 18.2 Å². The Morgan fingerprint density at radius 2 is 1.93 bits per heavy atom. The summed E-state index contributed by atoms with van der Waals surface area (Å²) >= 11 is 1.89. The Bertz CT molecular complexity index is 350. The molecule has 0 heterocycles. The Morgan fingerprint density at radius 1 is 1.33 bits per heavy atom. The molecule has 0 radical (unpaired) electrons. The standard InChI is InChI=1S/C9H8F4IN/c10-7-2-1-5(14)3-6(7)8(15)4-9(11,12)13/h1-3,8H,4,15H2/t8-/m0/s1. The zero-order valence-corrected chi connectivity index (χ0v) is 9.64. The molecule has 1 aromatic carbocycles. The Balaban J connectivity index is 2.90. The van der Waals surface area contributed by atoms with E-state index in [4.69, 9.17) is 5.73 Å². The fourth-order valence-corrected chi connectivity index (χ4v) is 1.67. The van der Waals surface area contributed by atoms with Crippen molar-refractivity contribution in [2.45, 2.75) is 18.6 Å². The minimum atomic E-state index is -4.38. The summed E-state index contributed by atoms with van der Waals surface area (Å²) in [6.07, 6.45) is -5.60. The van der Waals surface area contributed by atoms with Gasteiger partial charge in [-0.15, -0.1) is 0 Å². The van der Waals surface area contributed by atoms with Gasteiger partial charge < -0.3 is 5.73 Å². The van der Waals surface area contributed by atoms with E-state index in [0.717, 1.165) is 6.07 Å². The number of alkyl halides is 3. The second kappa shape index (κ2) is 4.65. The number of rotatable bonds is 2. The van der Waals surface area contributed by atoms with Gasteiger partial charge in [0.2, 0.25) is 0 Å². The monoisotopic (exact) mass is 333 g/mol. The molecule has 0 aliphatic rings. The highest BCUT2D eigenvalue weighted by atomic mass is 127. The van der Waals surface area contributed by atoms with Gasteiger partial charge in [-0.25, -0.2) is 4.39 Å². The molecule has 0 bridgehead atoms. The second-order valence-corrected chi connectivity index (χ2v) is 4.34.